The SMILES string of the molecule is C[C@H]1CC2CC(S(=O)(=O)c3cc(C(=O)Nc4cc(F)c(F)c(F)c4)ccc3Cl)CC1[C@@]2(O)CNS(=O)(=O)c1cccnc1. The maximum absolute atomic E-state index is 13.8. The zero-order valence-corrected chi connectivity index (χ0v) is 25.0. The summed E-state index contributed by atoms with van der Waals surface area (Å²) in [6.45, 7) is 1.57. The summed E-state index contributed by atoms with van der Waals surface area (Å²) in [7, 11) is -8.14. The molecule has 1 amide bonds. The van der Waals surface area contributed by atoms with Crippen LogP contribution in [0.1, 0.15) is 36.5 Å². The molecule has 15 heteroatoms. The Morgan fingerprint density at radius 3 is 2.40 bits per heavy atom. The number of nitrogens with zero attached hydrogens (tertiary/aromatic N) is 1. The second kappa shape index (κ2) is 11.5. The summed E-state index contributed by atoms with van der Waals surface area (Å²) in [4.78, 5) is 16.2. The lowest BCUT2D eigenvalue weighted by Gasteiger charge is -2.43. The molecule has 5 rings (SSSR count). The third kappa shape index (κ3) is 5.90. The quantitative estimate of drug-likeness (QED) is 0.306. The highest BCUT2D eigenvalue weighted by Crippen LogP contribution is 2.54. The van der Waals surface area contributed by atoms with E-state index in [0.29, 0.717) is 18.6 Å². The van der Waals surface area contributed by atoms with E-state index in [2.05, 4.69) is 15.0 Å². The first-order valence-electron chi connectivity index (χ1n) is 13.2. The zero-order valence-electron chi connectivity index (χ0n) is 22.6. The normalized spacial score (nSPS) is 25.4. The summed E-state index contributed by atoms with van der Waals surface area (Å²) in [6.07, 6.45) is 3.13. The Labute approximate surface area is 251 Å². The van der Waals surface area contributed by atoms with Gasteiger partial charge in [-0.05, 0) is 67.3 Å². The number of fused-ring (bicyclic) bond motifs is 2. The van der Waals surface area contributed by atoms with Gasteiger partial charge in [0.25, 0.3) is 5.91 Å². The number of sulfonamides is 1. The Hall–Kier alpha value is -3.04. The number of carbonyl (C=O) groups excluding carboxylic acids is 1. The molecule has 0 aliphatic heterocycles. The molecule has 3 unspecified atom stereocenters. The number of rotatable bonds is 8. The number of nitrogens with one attached hydrogen (secondary N) is 2. The number of benzene rings is 2. The number of aliphatic hydroxyl groups is 1. The molecule has 9 nitrogen and oxygen atoms in total. The number of anilines is 1. The molecule has 2 bridgehead atoms. The van der Waals surface area contributed by atoms with E-state index in [1.165, 1.54) is 36.7 Å². The van der Waals surface area contributed by atoms with Crippen LogP contribution in [0, 0.1) is 35.2 Å². The highest BCUT2D eigenvalue weighted by Gasteiger charge is 2.58. The highest BCUT2D eigenvalue weighted by molar-refractivity contribution is 7.92. The average Bonchev–Trinajstić information content (AvgIpc) is 3.07. The van der Waals surface area contributed by atoms with Crippen LogP contribution in [0.5, 0.6) is 0 Å². The van der Waals surface area contributed by atoms with E-state index >= 15 is 0 Å². The van der Waals surface area contributed by atoms with Crippen molar-refractivity contribution in [1.82, 2.24) is 9.71 Å². The molecular weight excluding hydrogens is 631 g/mol. The minimum Gasteiger partial charge on any atom is -0.388 e. The molecule has 2 aliphatic rings. The topological polar surface area (TPSA) is 143 Å². The van der Waals surface area contributed by atoms with Gasteiger partial charge < -0.3 is 10.4 Å². The van der Waals surface area contributed by atoms with Crippen LogP contribution in [0.25, 0.3) is 0 Å². The average molecular weight is 658 g/mol. The molecule has 5 atom stereocenters. The van der Waals surface area contributed by atoms with E-state index in [-0.39, 0.29) is 51.4 Å². The van der Waals surface area contributed by atoms with Gasteiger partial charge in [0.15, 0.2) is 27.3 Å². The predicted molar refractivity (Wildman–Crippen MR) is 151 cm³/mol. The van der Waals surface area contributed by atoms with Crippen molar-refractivity contribution >= 4 is 43.1 Å². The van der Waals surface area contributed by atoms with E-state index in [1.807, 2.05) is 6.92 Å². The first-order valence-corrected chi connectivity index (χ1v) is 16.7. The van der Waals surface area contributed by atoms with Gasteiger partial charge in [-0.15, -0.1) is 0 Å². The van der Waals surface area contributed by atoms with Crippen molar-refractivity contribution in [3.63, 3.8) is 0 Å². The van der Waals surface area contributed by atoms with Crippen LogP contribution in [0.15, 0.2) is 64.6 Å². The summed E-state index contributed by atoms with van der Waals surface area (Å²) in [5.74, 6) is -6.86. The second-order valence-electron chi connectivity index (χ2n) is 11.0. The van der Waals surface area contributed by atoms with Crippen molar-refractivity contribution in [3.8, 4) is 0 Å². The van der Waals surface area contributed by atoms with Gasteiger partial charge in [-0.3, -0.25) is 9.78 Å². The Kier molecular flexibility index (Phi) is 8.37. The van der Waals surface area contributed by atoms with Crippen LogP contribution >= 0.6 is 11.6 Å². The lowest BCUT2D eigenvalue weighted by atomic mass is 9.73. The Morgan fingerprint density at radius 1 is 1.07 bits per heavy atom. The van der Waals surface area contributed by atoms with Gasteiger partial charge in [0.05, 0.1) is 20.8 Å². The van der Waals surface area contributed by atoms with Crippen LogP contribution in [0.2, 0.25) is 5.02 Å². The molecule has 2 fully saturated rings. The van der Waals surface area contributed by atoms with Crippen molar-refractivity contribution in [2.24, 2.45) is 17.8 Å². The smallest absolute Gasteiger partial charge is 0.255 e. The number of hydrogen-bond donors (Lipinski definition) is 3. The van der Waals surface area contributed by atoms with Crippen LogP contribution in [0.3, 0.4) is 0 Å². The van der Waals surface area contributed by atoms with Gasteiger partial charge in [0.2, 0.25) is 10.0 Å². The summed E-state index contributed by atoms with van der Waals surface area (Å²) in [5, 5.41) is 12.7. The van der Waals surface area contributed by atoms with Gasteiger partial charge >= 0.3 is 0 Å². The molecule has 0 spiro atoms. The van der Waals surface area contributed by atoms with Crippen molar-refractivity contribution in [2.75, 3.05) is 11.9 Å². The standard InChI is InChI=1S/C28H27ClF3N3O6S2/c1-15-7-17-9-20(12-21(15)28(17,37)14-34-43(40,41)19-3-2-6-33-13-19)42(38,39)25-8-16(4-5-22(25)29)27(36)35-18-10-23(30)26(32)24(31)11-18/h2-6,8,10-11,13,15,17,20-21,34,37H,7,9,12,14H2,1H3,(H,35,36)/t15-,17?,20?,21?,28+/m0/s1. The first-order chi connectivity index (χ1) is 20.1. The maximum Gasteiger partial charge on any atom is 0.255 e. The molecule has 1 aromatic heterocycles. The number of aromatic nitrogens is 1. The van der Waals surface area contributed by atoms with Crippen LogP contribution in [-0.2, 0) is 19.9 Å². The van der Waals surface area contributed by atoms with Crippen molar-refractivity contribution < 1.29 is 39.9 Å². The van der Waals surface area contributed by atoms with Crippen molar-refractivity contribution in [3.05, 3.63) is 82.9 Å². The zero-order chi connectivity index (χ0) is 31.3. The number of hydrogen-bond acceptors (Lipinski definition) is 7. The second-order valence-corrected chi connectivity index (χ2v) is 15.4. The van der Waals surface area contributed by atoms with Crippen LogP contribution < -0.4 is 10.0 Å². The van der Waals surface area contributed by atoms with Gasteiger partial charge in [0.1, 0.15) is 4.90 Å². The minimum absolute atomic E-state index is 0.0198. The number of carbonyl (C=O) groups is 1. The predicted octanol–water partition coefficient (Wildman–Crippen LogP) is 4.32. The van der Waals surface area contributed by atoms with E-state index in [0.717, 1.165) is 6.07 Å². The molecule has 3 aromatic rings. The van der Waals surface area contributed by atoms with Crippen molar-refractivity contribution in [2.45, 2.75) is 46.8 Å². The fourth-order valence-electron chi connectivity index (χ4n) is 6.25. The molecule has 0 radical (unpaired) electrons. The van der Waals surface area contributed by atoms with Crippen LogP contribution in [-0.4, -0.2) is 50.2 Å². The summed E-state index contributed by atoms with van der Waals surface area (Å²) in [5.41, 5.74) is -2.05. The molecule has 2 saturated carbocycles. The largest absolute Gasteiger partial charge is 0.388 e. The molecule has 230 valence electrons. The van der Waals surface area contributed by atoms with Gasteiger partial charge in [-0.1, -0.05) is 18.5 Å². The molecule has 0 saturated heterocycles. The summed E-state index contributed by atoms with van der Waals surface area (Å²) >= 11 is 6.27. The summed E-state index contributed by atoms with van der Waals surface area (Å²) in [6, 6.07) is 7.50. The van der Waals surface area contributed by atoms with Gasteiger partial charge in [0, 0.05) is 42.3 Å². The van der Waals surface area contributed by atoms with E-state index in [9.17, 15) is 39.9 Å². The Bertz CT molecular complexity index is 1770. The monoisotopic (exact) mass is 657 g/mol. The Morgan fingerprint density at radius 2 is 1.77 bits per heavy atom. The third-order valence-electron chi connectivity index (χ3n) is 8.43. The Balaban J connectivity index is 1.36. The van der Waals surface area contributed by atoms with Gasteiger partial charge in [-0.25, -0.2) is 34.7 Å². The van der Waals surface area contributed by atoms with Crippen molar-refractivity contribution in [1.29, 1.82) is 0 Å². The maximum atomic E-state index is 13.8. The van der Waals surface area contributed by atoms with E-state index in [1.54, 1.807) is 0 Å². The van der Waals surface area contributed by atoms with E-state index in [4.69, 9.17) is 11.6 Å². The third-order valence-corrected chi connectivity index (χ3v) is 12.5. The van der Waals surface area contributed by atoms with E-state index < -0.39 is 65.9 Å². The number of halogens is 4. The first kappa shape index (κ1) is 31.4. The molecular formula is C28H27ClF3N3O6S2. The number of amides is 1. The molecule has 3 N–H and O–H groups in total. The molecule has 2 aromatic carbocycles. The fourth-order valence-corrected chi connectivity index (χ4v) is 9.67. The number of pyridine rings is 1. The highest BCUT2D eigenvalue weighted by atomic mass is 35.5. The molecule has 43 heavy (non-hydrogen) atoms. The van der Waals surface area contributed by atoms with Crippen LogP contribution in [0.4, 0.5) is 18.9 Å². The molecule has 2 aliphatic carbocycles. The minimum atomic E-state index is -4.17. The number of sulfone groups is 1. The lowest BCUT2D eigenvalue weighted by molar-refractivity contribution is -0.0576. The van der Waals surface area contributed by atoms with Gasteiger partial charge in [-0.2, -0.15) is 0 Å². The molecule has 1 heterocycles. The summed E-state index contributed by atoms with van der Waals surface area (Å²) < 4.78 is 96.2. The lowest BCUT2D eigenvalue weighted by Crippen LogP contribution is -2.55. The fraction of sp³-hybridized carbons (Fsp3) is 0.357.